The molecule has 1 amide bonds. The van der Waals surface area contributed by atoms with Crippen molar-refractivity contribution in [2.75, 3.05) is 32.9 Å². The number of aliphatic hydroxyl groups is 1. The number of carbonyl (C=O) groups is 1. The molecule has 3 saturated heterocycles. The number of aliphatic hydroxyl groups excluding tert-OH is 1. The van der Waals surface area contributed by atoms with Crippen LogP contribution in [0.4, 0.5) is 26.3 Å². The van der Waals surface area contributed by atoms with E-state index in [-0.39, 0.29) is 18.0 Å². The van der Waals surface area contributed by atoms with Gasteiger partial charge in [-0.2, -0.15) is 26.3 Å². The number of piperidine rings is 1. The third-order valence-electron chi connectivity index (χ3n) is 9.75. The lowest BCUT2D eigenvalue weighted by Gasteiger charge is -2.51. The molecule has 6 rings (SSSR count). The largest absolute Gasteiger partial charge is 0.416 e. The minimum absolute atomic E-state index is 0.0128. The zero-order valence-electron chi connectivity index (χ0n) is 25.5. The van der Waals surface area contributed by atoms with E-state index >= 15 is 0 Å². The summed E-state index contributed by atoms with van der Waals surface area (Å²) >= 11 is 0. The van der Waals surface area contributed by atoms with E-state index in [1.54, 1.807) is 0 Å². The minimum atomic E-state index is -5.05. The molecule has 3 aliphatic heterocycles. The van der Waals surface area contributed by atoms with Gasteiger partial charge >= 0.3 is 12.4 Å². The first-order valence-electron chi connectivity index (χ1n) is 15.7. The number of amides is 1. The number of hydrogen-bond donors (Lipinski definition) is 1. The van der Waals surface area contributed by atoms with Gasteiger partial charge in [0.2, 0.25) is 5.91 Å². The number of nitrogens with zero attached hydrogens (tertiary/aromatic N) is 2. The highest BCUT2D eigenvalue weighted by Gasteiger charge is 2.62. The number of rotatable bonds is 8. The van der Waals surface area contributed by atoms with Crippen LogP contribution in [0.3, 0.4) is 0 Å². The highest BCUT2D eigenvalue weighted by Crippen LogP contribution is 2.56. The number of halogens is 6. The Morgan fingerprint density at radius 2 is 1.49 bits per heavy atom. The predicted octanol–water partition coefficient (Wildman–Crippen LogP) is 6.58. The van der Waals surface area contributed by atoms with Crippen LogP contribution in [0.2, 0.25) is 0 Å². The summed E-state index contributed by atoms with van der Waals surface area (Å²) in [6.45, 7) is 1.37. The molecular weight excluding hydrogens is 626 g/mol. The van der Waals surface area contributed by atoms with E-state index in [1.807, 2.05) is 65.6 Å². The zero-order chi connectivity index (χ0) is 33.4. The molecule has 12 heteroatoms. The topological polar surface area (TPSA) is 62.2 Å². The van der Waals surface area contributed by atoms with Gasteiger partial charge in [-0.25, -0.2) is 0 Å². The lowest BCUT2D eigenvalue weighted by molar-refractivity contribution is -0.148. The van der Waals surface area contributed by atoms with E-state index in [1.165, 1.54) is 0 Å². The second-order valence-corrected chi connectivity index (χ2v) is 12.4. The van der Waals surface area contributed by atoms with Crippen LogP contribution >= 0.6 is 0 Å². The summed E-state index contributed by atoms with van der Waals surface area (Å²) in [7, 11) is 0. The summed E-state index contributed by atoms with van der Waals surface area (Å²) in [5.41, 5.74) is -2.56. The van der Waals surface area contributed by atoms with Gasteiger partial charge in [0.1, 0.15) is 6.10 Å². The molecule has 3 heterocycles. The standard InChI is InChI=1S/C35H36F6N2O4/c36-34(37,38)26-17-24(18-27(19-26)35(39,40)41)30(22-44)47-31-12-11-29-28(32(45)42-13-15-46-16-14-42)20-33(31,25-9-5-2-6-10-25)43(29)21-23-7-3-1-4-8-23/h1-10,17-19,28-31,44H,11-16,20-22H2/t28-,29+,30-,31-,33-/m1/s1. The molecule has 0 spiro atoms. The fraction of sp³-hybridized carbons (Fsp3) is 0.457. The fourth-order valence-corrected chi connectivity index (χ4v) is 7.61. The summed E-state index contributed by atoms with van der Waals surface area (Å²) in [6, 6.07) is 20.1. The van der Waals surface area contributed by atoms with Gasteiger partial charge in [0.25, 0.3) is 0 Å². The molecule has 1 N–H and O–H groups in total. The Morgan fingerprint density at radius 1 is 0.894 bits per heavy atom. The van der Waals surface area contributed by atoms with Gasteiger partial charge < -0.3 is 19.5 Å². The smallest absolute Gasteiger partial charge is 0.393 e. The highest BCUT2D eigenvalue weighted by atomic mass is 19.4. The van der Waals surface area contributed by atoms with Crippen LogP contribution in [0.1, 0.15) is 53.2 Å². The molecule has 252 valence electrons. The first kappa shape index (κ1) is 33.5. The molecule has 47 heavy (non-hydrogen) atoms. The van der Waals surface area contributed by atoms with Crippen molar-refractivity contribution in [3.05, 3.63) is 107 Å². The van der Waals surface area contributed by atoms with Crippen LogP contribution in [0.15, 0.2) is 78.9 Å². The fourth-order valence-electron chi connectivity index (χ4n) is 7.61. The van der Waals surface area contributed by atoms with Crippen molar-refractivity contribution in [1.29, 1.82) is 0 Å². The molecule has 0 radical (unpaired) electrons. The van der Waals surface area contributed by atoms with Crippen molar-refractivity contribution in [2.24, 2.45) is 5.92 Å². The highest BCUT2D eigenvalue weighted by molar-refractivity contribution is 5.80. The molecule has 0 aromatic heterocycles. The summed E-state index contributed by atoms with van der Waals surface area (Å²) in [5, 5.41) is 10.5. The number of hydrogen-bond acceptors (Lipinski definition) is 5. The van der Waals surface area contributed by atoms with Gasteiger partial charge in [0, 0.05) is 25.7 Å². The van der Waals surface area contributed by atoms with E-state index in [2.05, 4.69) is 4.90 Å². The lowest BCUT2D eigenvalue weighted by Crippen LogP contribution is -2.57. The van der Waals surface area contributed by atoms with Gasteiger partial charge in [0.05, 0.1) is 48.5 Å². The Bertz CT molecular complexity index is 1500. The third-order valence-corrected chi connectivity index (χ3v) is 9.75. The van der Waals surface area contributed by atoms with Crippen molar-refractivity contribution in [1.82, 2.24) is 9.80 Å². The number of alkyl halides is 6. The van der Waals surface area contributed by atoms with Crippen LogP contribution in [-0.4, -0.2) is 65.9 Å². The maximum absolute atomic E-state index is 14.1. The molecule has 3 aliphatic rings. The van der Waals surface area contributed by atoms with E-state index in [4.69, 9.17) is 9.47 Å². The molecule has 2 bridgehead atoms. The zero-order valence-corrected chi connectivity index (χ0v) is 25.5. The molecule has 3 aromatic rings. The maximum Gasteiger partial charge on any atom is 0.416 e. The monoisotopic (exact) mass is 662 g/mol. The molecule has 5 atom stereocenters. The van der Waals surface area contributed by atoms with Gasteiger partial charge in [0.15, 0.2) is 0 Å². The van der Waals surface area contributed by atoms with E-state index in [9.17, 15) is 36.2 Å². The van der Waals surface area contributed by atoms with Crippen LogP contribution < -0.4 is 0 Å². The number of fused-ring (bicyclic) bond motifs is 2. The van der Waals surface area contributed by atoms with Crippen LogP contribution in [0.5, 0.6) is 0 Å². The normalized spacial score (nSPS) is 25.9. The predicted molar refractivity (Wildman–Crippen MR) is 160 cm³/mol. The summed E-state index contributed by atoms with van der Waals surface area (Å²) in [4.78, 5) is 18.2. The number of carbonyl (C=O) groups excluding carboxylic acids is 1. The summed E-state index contributed by atoms with van der Waals surface area (Å²) in [5.74, 6) is -0.454. The Labute approximate surface area is 268 Å². The molecule has 0 unspecified atom stereocenters. The average Bonchev–Trinajstić information content (AvgIpc) is 3.28. The van der Waals surface area contributed by atoms with Crippen LogP contribution in [-0.2, 0) is 38.7 Å². The quantitative estimate of drug-likeness (QED) is 0.276. The Balaban J connectivity index is 1.44. The van der Waals surface area contributed by atoms with Crippen molar-refractivity contribution in [3.8, 4) is 0 Å². The van der Waals surface area contributed by atoms with Gasteiger partial charge in [-0.15, -0.1) is 0 Å². The summed E-state index contributed by atoms with van der Waals surface area (Å²) < 4.78 is 94.6. The number of morpholine rings is 1. The minimum Gasteiger partial charge on any atom is -0.393 e. The molecule has 0 aliphatic carbocycles. The lowest BCUT2D eigenvalue weighted by atomic mass is 9.78. The van der Waals surface area contributed by atoms with Crippen LogP contribution in [0.25, 0.3) is 0 Å². The van der Waals surface area contributed by atoms with Crippen molar-refractivity contribution in [3.63, 3.8) is 0 Å². The maximum atomic E-state index is 14.1. The first-order valence-corrected chi connectivity index (χ1v) is 15.7. The Morgan fingerprint density at radius 3 is 2.06 bits per heavy atom. The number of ether oxygens (including phenoxy) is 2. The van der Waals surface area contributed by atoms with Gasteiger partial charge in [-0.3, -0.25) is 9.69 Å². The van der Waals surface area contributed by atoms with E-state index < -0.39 is 59.3 Å². The van der Waals surface area contributed by atoms with E-state index in [0.29, 0.717) is 64.2 Å². The van der Waals surface area contributed by atoms with E-state index in [0.717, 1.165) is 11.1 Å². The molecule has 0 saturated carbocycles. The third kappa shape index (κ3) is 6.65. The van der Waals surface area contributed by atoms with Gasteiger partial charge in [-0.05, 0) is 54.2 Å². The van der Waals surface area contributed by atoms with Crippen molar-refractivity contribution in [2.45, 2.75) is 61.9 Å². The average molecular weight is 663 g/mol. The summed E-state index contributed by atoms with van der Waals surface area (Å²) in [6.07, 6.45) is -11.2. The molecule has 6 nitrogen and oxygen atoms in total. The Kier molecular flexibility index (Phi) is 9.41. The van der Waals surface area contributed by atoms with Crippen molar-refractivity contribution >= 4 is 5.91 Å². The van der Waals surface area contributed by atoms with Gasteiger partial charge in [-0.1, -0.05) is 60.7 Å². The molecule has 3 aromatic carbocycles. The second kappa shape index (κ2) is 13.2. The first-order chi connectivity index (χ1) is 22.4. The second-order valence-electron chi connectivity index (χ2n) is 12.4. The van der Waals surface area contributed by atoms with Crippen molar-refractivity contribution < 1.29 is 45.7 Å². The number of benzene rings is 3. The molecule has 3 fully saturated rings. The molecular formula is C35H36F6N2O4. The van der Waals surface area contributed by atoms with Crippen LogP contribution in [0, 0.1) is 5.92 Å². The SMILES string of the molecule is O=C([C@@H]1C[C@@]2(c3ccccc3)[C@H](O[C@H](CO)c3cc(C(F)(F)F)cc(C(F)(F)F)c3)CC[C@@H]1N2Cc1ccccc1)N1CCOCC1. The Hall–Kier alpha value is -3.45.